The van der Waals surface area contributed by atoms with Crippen LogP contribution < -0.4 is 5.32 Å². The first-order chi connectivity index (χ1) is 17.2. The Bertz CT molecular complexity index is 1360. The molecule has 3 heterocycles. The number of carbonyl (C=O) groups is 1. The Balaban J connectivity index is 1.52. The third kappa shape index (κ3) is 4.76. The molecular weight excluding hydrogens is 438 g/mol. The van der Waals surface area contributed by atoms with Crippen LogP contribution in [0.25, 0.3) is 22.6 Å². The first kappa shape index (κ1) is 22.7. The van der Waals surface area contributed by atoms with E-state index in [0.29, 0.717) is 25.3 Å². The minimum absolute atomic E-state index is 0.102. The van der Waals surface area contributed by atoms with Crippen LogP contribution in [-0.4, -0.2) is 37.5 Å². The van der Waals surface area contributed by atoms with Crippen molar-refractivity contribution in [3.05, 3.63) is 95.4 Å². The number of nitrogens with one attached hydrogen (secondary N) is 1. The van der Waals surface area contributed by atoms with Gasteiger partial charge >= 0.3 is 6.03 Å². The van der Waals surface area contributed by atoms with Crippen LogP contribution in [0.1, 0.15) is 29.3 Å². The van der Waals surface area contributed by atoms with Gasteiger partial charge in [-0.1, -0.05) is 43.3 Å². The fraction of sp³-hybridized carbons (Fsp3) is 0.214. The van der Waals surface area contributed by atoms with Gasteiger partial charge in [-0.05, 0) is 41.8 Å². The standard InChI is InChI=1S/C28H27N5O2/c1-2-19-7-5-10-22(15-19)30-28(35)33-14-12-25-24(17-33)26(23-11-4-3-8-21(23)18-34)32-27(31-25)20-9-6-13-29-16-20/h3-11,13,15-16,34H,2,12,14,17-18H2,1H3,(H,30,35). The normalized spacial score (nSPS) is 12.8. The molecule has 0 spiro atoms. The van der Waals surface area contributed by atoms with Crippen LogP contribution in [0.15, 0.2) is 73.1 Å². The second-order valence-corrected chi connectivity index (χ2v) is 8.53. The van der Waals surface area contributed by atoms with Gasteiger partial charge in [-0.25, -0.2) is 14.8 Å². The van der Waals surface area contributed by atoms with Crippen molar-refractivity contribution in [3.63, 3.8) is 0 Å². The van der Waals surface area contributed by atoms with Crippen LogP contribution in [-0.2, 0) is 26.0 Å². The van der Waals surface area contributed by atoms with Crippen molar-refractivity contribution in [3.8, 4) is 22.6 Å². The lowest BCUT2D eigenvalue weighted by Crippen LogP contribution is -2.39. The molecule has 0 saturated carbocycles. The predicted molar refractivity (Wildman–Crippen MR) is 136 cm³/mol. The molecule has 1 aliphatic heterocycles. The van der Waals surface area contributed by atoms with Gasteiger partial charge in [-0.3, -0.25) is 4.98 Å². The van der Waals surface area contributed by atoms with Crippen molar-refractivity contribution in [1.82, 2.24) is 19.9 Å². The monoisotopic (exact) mass is 465 g/mol. The number of pyridine rings is 1. The molecule has 2 amide bonds. The minimum Gasteiger partial charge on any atom is -0.392 e. The van der Waals surface area contributed by atoms with E-state index in [9.17, 15) is 9.90 Å². The quantitative estimate of drug-likeness (QED) is 0.440. The van der Waals surface area contributed by atoms with E-state index in [-0.39, 0.29) is 12.6 Å². The van der Waals surface area contributed by atoms with E-state index in [1.54, 1.807) is 17.3 Å². The van der Waals surface area contributed by atoms with Gasteiger partial charge in [0.15, 0.2) is 5.82 Å². The molecule has 0 bridgehead atoms. The second-order valence-electron chi connectivity index (χ2n) is 8.53. The maximum absolute atomic E-state index is 13.2. The van der Waals surface area contributed by atoms with Crippen LogP contribution in [0.5, 0.6) is 0 Å². The highest BCUT2D eigenvalue weighted by atomic mass is 16.3. The highest BCUT2D eigenvalue weighted by molar-refractivity contribution is 5.89. The van der Waals surface area contributed by atoms with E-state index < -0.39 is 0 Å². The molecule has 0 radical (unpaired) electrons. The van der Waals surface area contributed by atoms with Crippen LogP contribution >= 0.6 is 0 Å². The molecule has 2 aromatic heterocycles. The average molecular weight is 466 g/mol. The molecule has 2 aromatic carbocycles. The maximum Gasteiger partial charge on any atom is 0.322 e. The molecular formula is C28H27N5O2. The number of hydrogen-bond donors (Lipinski definition) is 2. The summed E-state index contributed by atoms with van der Waals surface area (Å²) in [6.45, 7) is 2.93. The smallest absolute Gasteiger partial charge is 0.322 e. The molecule has 7 heteroatoms. The summed E-state index contributed by atoms with van der Waals surface area (Å²) in [5, 5.41) is 13.0. The van der Waals surface area contributed by atoms with Gasteiger partial charge in [-0.2, -0.15) is 0 Å². The number of anilines is 1. The molecule has 0 atom stereocenters. The van der Waals surface area contributed by atoms with Gasteiger partial charge in [-0.15, -0.1) is 0 Å². The van der Waals surface area contributed by atoms with Crippen molar-refractivity contribution in [2.24, 2.45) is 0 Å². The largest absolute Gasteiger partial charge is 0.392 e. The summed E-state index contributed by atoms with van der Waals surface area (Å²) in [5.74, 6) is 0.592. The van der Waals surface area contributed by atoms with Gasteiger partial charge in [0.05, 0.1) is 24.5 Å². The van der Waals surface area contributed by atoms with Crippen molar-refractivity contribution >= 4 is 11.7 Å². The number of benzene rings is 2. The molecule has 0 fully saturated rings. The molecule has 35 heavy (non-hydrogen) atoms. The summed E-state index contributed by atoms with van der Waals surface area (Å²) in [7, 11) is 0. The number of carbonyl (C=O) groups excluding carboxylic acids is 1. The summed E-state index contributed by atoms with van der Waals surface area (Å²) in [6, 6.07) is 19.2. The van der Waals surface area contributed by atoms with Gasteiger partial charge in [0.25, 0.3) is 0 Å². The molecule has 5 rings (SSSR count). The van der Waals surface area contributed by atoms with Crippen molar-refractivity contribution in [2.45, 2.75) is 32.9 Å². The number of aromatic nitrogens is 3. The summed E-state index contributed by atoms with van der Waals surface area (Å²) >= 11 is 0. The van der Waals surface area contributed by atoms with Gasteiger partial charge in [0.2, 0.25) is 0 Å². The number of urea groups is 1. The lowest BCUT2D eigenvalue weighted by Gasteiger charge is -2.30. The van der Waals surface area contributed by atoms with E-state index in [1.807, 2.05) is 54.6 Å². The third-order valence-electron chi connectivity index (χ3n) is 6.30. The van der Waals surface area contributed by atoms with Crippen molar-refractivity contribution < 1.29 is 9.90 Å². The van der Waals surface area contributed by atoms with E-state index in [1.165, 1.54) is 5.56 Å². The van der Waals surface area contributed by atoms with Crippen molar-refractivity contribution in [2.75, 3.05) is 11.9 Å². The van der Waals surface area contributed by atoms with Crippen LogP contribution in [0.2, 0.25) is 0 Å². The summed E-state index contributed by atoms with van der Waals surface area (Å²) in [6.07, 6.45) is 4.99. The Hall–Kier alpha value is -4.10. The Morgan fingerprint density at radius 1 is 1.09 bits per heavy atom. The topological polar surface area (TPSA) is 91.2 Å². The number of amides is 2. The molecule has 0 unspecified atom stereocenters. The first-order valence-corrected chi connectivity index (χ1v) is 11.8. The van der Waals surface area contributed by atoms with E-state index in [4.69, 9.17) is 9.97 Å². The van der Waals surface area contributed by atoms with Crippen LogP contribution in [0.4, 0.5) is 10.5 Å². The maximum atomic E-state index is 13.2. The number of fused-ring (bicyclic) bond motifs is 1. The fourth-order valence-corrected chi connectivity index (χ4v) is 4.40. The third-order valence-corrected chi connectivity index (χ3v) is 6.30. The lowest BCUT2D eigenvalue weighted by molar-refractivity contribution is 0.206. The molecule has 1 aliphatic rings. The SMILES string of the molecule is CCc1cccc(NC(=O)N2CCc3nc(-c4cccnc4)nc(-c4ccccc4CO)c3C2)c1. The molecule has 4 aromatic rings. The number of nitrogens with zero attached hydrogens (tertiary/aromatic N) is 4. The highest BCUT2D eigenvalue weighted by Gasteiger charge is 2.27. The summed E-state index contributed by atoms with van der Waals surface area (Å²) < 4.78 is 0. The number of rotatable bonds is 5. The zero-order valence-electron chi connectivity index (χ0n) is 19.6. The lowest BCUT2D eigenvalue weighted by atomic mass is 9.96. The minimum atomic E-state index is -0.151. The van der Waals surface area contributed by atoms with E-state index in [0.717, 1.165) is 45.7 Å². The Labute approximate surface area is 204 Å². The number of aryl methyl sites for hydroxylation is 1. The molecule has 2 N–H and O–H groups in total. The van der Waals surface area contributed by atoms with Gasteiger partial charge < -0.3 is 15.3 Å². The average Bonchev–Trinajstić information content (AvgIpc) is 2.92. The first-order valence-electron chi connectivity index (χ1n) is 11.8. The molecule has 7 nitrogen and oxygen atoms in total. The summed E-state index contributed by atoms with van der Waals surface area (Å²) in [4.78, 5) is 28.9. The highest BCUT2D eigenvalue weighted by Crippen LogP contribution is 2.32. The summed E-state index contributed by atoms with van der Waals surface area (Å²) in [5.41, 5.74) is 6.97. The van der Waals surface area contributed by atoms with Crippen LogP contribution in [0.3, 0.4) is 0 Å². The molecule has 176 valence electrons. The molecule has 0 aliphatic carbocycles. The zero-order chi connectivity index (χ0) is 24.2. The van der Waals surface area contributed by atoms with Crippen molar-refractivity contribution in [1.29, 1.82) is 0 Å². The van der Waals surface area contributed by atoms with Crippen LogP contribution in [0, 0.1) is 0 Å². The Morgan fingerprint density at radius 2 is 1.97 bits per heavy atom. The van der Waals surface area contributed by atoms with E-state index in [2.05, 4.69) is 23.3 Å². The Kier molecular flexibility index (Phi) is 6.50. The Morgan fingerprint density at radius 3 is 2.77 bits per heavy atom. The predicted octanol–water partition coefficient (Wildman–Crippen LogP) is 4.85. The van der Waals surface area contributed by atoms with Gasteiger partial charge in [0, 0.05) is 47.7 Å². The van der Waals surface area contributed by atoms with Gasteiger partial charge in [0.1, 0.15) is 0 Å². The number of hydrogen-bond acceptors (Lipinski definition) is 5. The molecule has 0 saturated heterocycles. The fourth-order valence-electron chi connectivity index (χ4n) is 4.40. The van der Waals surface area contributed by atoms with E-state index >= 15 is 0 Å². The number of aliphatic hydroxyl groups excluding tert-OH is 1. The second kappa shape index (κ2) is 10.0. The zero-order valence-corrected chi connectivity index (χ0v) is 19.6. The number of aliphatic hydroxyl groups is 1.